The number of thiophene rings is 1. The molecular weight excluding hydrogens is 300 g/mol. The zero-order valence-electron chi connectivity index (χ0n) is 11.7. The summed E-state index contributed by atoms with van der Waals surface area (Å²) in [6.07, 6.45) is 1.46. The van der Waals surface area contributed by atoms with E-state index < -0.39 is 0 Å². The maximum atomic E-state index is 11.9. The number of carbonyl (C=O) groups excluding carboxylic acids is 1. The van der Waals surface area contributed by atoms with Gasteiger partial charge in [0.1, 0.15) is 6.10 Å². The lowest BCUT2D eigenvalue weighted by Gasteiger charge is -2.38. The Bertz CT molecular complexity index is 690. The van der Waals surface area contributed by atoms with Gasteiger partial charge >= 0.3 is 6.03 Å². The second-order valence-electron chi connectivity index (χ2n) is 4.88. The third-order valence-electron chi connectivity index (χ3n) is 3.28. The number of nitriles is 1. The van der Waals surface area contributed by atoms with Gasteiger partial charge in [-0.05, 0) is 17.5 Å². The van der Waals surface area contributed by atoms with Crippen molar-refractivity contribution in [1.29, 1.82) is 5.26 Å². The summed E-state index contributed by atoms with van der Waals surface area (Å²) in [6.45, 7) is 1.59. The van der Waals surface area contributed by atoms with Gasteiger partial charge in [0.2, 0.25) is 5.88 Å². The van der Waals surface area contributed by atoms with Crippen LogP contribution in [0, 0.1) is 11.3 Å². The van der Waals surface area contributed by atoms with E-state index in [0.717, 1.165) is 4.88 Å². The lowest BCUT2D eigenvalue weighted by atomic mass is 10.2. The van der Waals surface area contributed by atoms with E-state index in [4.69, 9.17) is 10.00 Å². The first kappa shape index (κ1) is 14.4. The molecule has 6 nitrogen and oxygen atoms in total. The monoisotopic (exact) mass is 314 g/mol. The summed E-state index contributed by atoms with van der Waals surface area (Å²) in [5.41, 5.74) is 0.509. The summed E-state index contributed by atoms with van der Waals surface area (Å²) in [4.78, 5) is 18.8. The van der Waals surface area contributed by atoms with Crippen molar-refractivity contribution in [3.63, 3.8) is 0 Å². The molecule has 0 spiro atoms. The van der Waals surface area contributed by atoms with Gasteiger partial charge in [0.25, 0.3) is 0 Å². The highest BCUT2D eigenvalue weighted by Gasteiger charge is 2.32. The number of rotatable bonds is 4. The Hall–Kier alpha value is -2.59. The fourth-order valence-electron chi connectivity index (χ4n) is 2.08. The maximum absolute atomic E-state index is 11.9. The molecule has 0 bridgehead atoms. The smallest absolute Gasteiger partial charge is 0.317 e. The van der Waals surface area contributed by atoms with Crippen molar-refractivity contribution >= 4 is 17.4 Å². The molecule has 1 N–H and O–H groups in total. The van der Waals surface area contributed by atoms with Gasteiger partial charge in [-0.25, -0.2) is 9.78 Å². The lowest BCUT2D eigenvalue weighted by Crippen LogP contribution is -2.58. The van der Waals surface area contributed by atoms with Gasteiger partial charge in [-0.3, -0.25) is 0 Å². The van der Waals surface area contributed by atoms with Crippen LogP contribution in [-0.2, 0) is 6.54 Å². The maximum Gasteiger partial charge on any atom is 0.317 e. The molecule has 0 aliphatic carbocycles. The minimum atomic E-state index is -0.0908. The lowest BCUT2D eigenvalue weighted by molar-refractivity contribution is 0.0413. The van der Waals surface area contributed by atoms with Crippen molar-refractivity contribution in [2.24, 2.45) is 0 Å². The number of likely N-dealkylation sites (tertiary alicyclic amines) is 1. The molecule has 2 amide bonds. The van der Waals surface area contributed by atoms with E-state index in [0.29, 0.717) is 31.1 Å². The number of pyridine rings is 1. The van der Waals surface area contributed by atoms with Gasteiger partial charge in [0.15, 0.2) is 0 Å². The van der Waals surface area contributed by atoms with Crippen LogP contribution in [0.1, 0.15) is 10.4 Å². The molecule has 2 aromatic rings. The van der Waals surface area contributed by atoms with Gasteiger partial charge < -0.3 is 15.0 Å². The summed E-state index contributed by atoms with van der Waals surface area (Å²) in [5, 5.41) is 13.7. The van der Waals surface area contributed by atoms with Crippen LogP contribution in [-0.4, -0.2) is 35.1 Å². The summed E-state index contributed by atoms with van der Waals surface area (Å²) in [5.74, 6) is 0.419. The highest BCUT2D eigenvalue weighted by atomic mass is 32.1. The van der Waals surface area contributed by atoms with Crippen molar-refractivity contribution in [3.05, 3.63) is 46.3 Å². The molecule has 3 heterocycles. The zero-order valence-corrected chi connectivity index (χ0v) is 12.5. The number of nitrogens with zero attached hydrogens (tertiary/aromatic N) is 3. The predicted octanol–water partition coefficient (Wildman–Crippen LogP) is 1.99. The van der Waals surface area contributed by atoms with Crippen LogP contribution >= 0.6 is 11.3 Å². The van der Waals surface area contributed by atoms with Gasteiger partial charge in [0, 0.05) is 17.1 Å². The minimum absolute atomic E-state index is 0.0751. The van der Waals surface area contributed by atoms with E-state index in [1.54, 1.807) is 28.4 Å². The number of nitrogens with one attached hydrogen (secondary N) is 1. The Kier molecular flexibility index (Phi) is 4.21. The molecule has 22 heavy (non-hydrogen) atoms. The third-order valence-corrected chi connectivity index (χ3v) is 4.16. The van der Waals surface area contributed by atoms with Gasteiger partial charge in [-0.15, -0.1) is 11.3 Å². The minimum Gasteiger partial charge on any atom is -0.471 e. The standard InChI is InChI=1S/C15H14N4O2S/c16-7-11-3-4-17-14(6-11)21-12-9-19(10-12)15(20)18-8-13-2-1-5-22-13/h1-6,12H,8-10H2,(H,18,20). The van der Waals surface area contributed by atoms with E-state index in [-0.39, 0.29) is 12.1 Å². The number of hydrogen-bond donors (Lipinski definition) is 1. The molecule has 1 aliphatic rings. The molecule has 3 rings (SSSR count). The SMILES string of the molecule is N#Cc1ccnc(OC2CN(C(=O)NCc3cccs3)C2)c1. The summed E-state index contributed by atoms with van der Waals surface area (Å²) >= 11 is 1.62. The first-order valence-electron chi connectivity index (χ1n) is 6.82. The van der Waals surface area contributed by atoms with Crippen LogP contribution < -0.4 is 10.1 Å². The van der Waals surface area contributed by atoms with E-state index in [1.807, 2.05) is 23.6 Å². The number of amides is 2. The van der Waals surface area contributed by atoms with Gasteiger partial charge in [-0.1, -0.05) is 6.07 Å². The Morgan fingerprint density at radius 1 is 1.55 bits per heavy atom. The molecule has 2 aromatic heterocycles. The quantitative estimate of drug-likeness (QED) is 0.936. The van der Waals surface area contributed by atoms with Gasteiger partial charge in [-0.2, -0.15) is 5.26 Å². The molecular formula is C15H14N4O2S. The average Bonchev–Trinajstić information content (AvgIpc) is 3.01. The third kappa shape index (κ3) is 3.35. The molecule has 0 saturated carbocycles. The van der Waals surface area contributed by atoms with E-state index in [1.165, 1.54) is 6.20 Å². The Balaban J connectivity index is 1.43. The Morgan fingerprint density at radius 2 is 2.41 bits per heavy atom. The highest BCUT2D eigenvalue weighted by Crippen LogP contribution is 2.17. The summed E-state index contributed by atoms with van der Waals surface area (Å²) in [6, 6.07) is 9.12. The van der Waals surface area contributed by atoms with Crippen molar-refractivity contribution in [1.82, 2.24) is 15.2 Å². The Labute approximate surface area is 132 Å². The number of carbonyl (C=O) groups is 1. The van der Waals surface area contributed by atoms with Crippen molar-refractivity contribution in [3.8, 4) is 11.9 Å². The van der Waals surface area contributed by atoms with E-state index in [2.05, 4.69) is 10.3 Å². The molecule has 1 aliphatic heterocycles. The first-order valence-corrected chi connectivity index (χ1v) is 7.70. The van der Waals surface area contributed by atoms with Crippen LogP contribution in [0.15, 0.2) is 35.8 Å². The topological polar surface area (TPSA) is 78.2 Å². The molecule has 0 aromatic carbocycles. The first-order chi connectivity index (χ1) is 10.7. The fraction of sp³-hybridized carbons (Fsp3) is 0.267. The average molecular weight is 314 g/mol. The number of hydrogen-bond acceptors (Lipinski definition) is 5. The molecule has 112 valence electrons. The summed E-state index contributed by atoms with van der Waals surface area (Å²) in [7, 11) is 0. The molecule has 1 saturated heterocycles. The van der Waals surface area contributed by atoms with Crippen molar-refractivity contribution < 1.29 is 9.53 Å². The van der Waals surface area contributed by atoms with Crippen molar-refractivity contribution in [2.45, 2.75) is 12.6 Å². The van der Waals surface area contributed by atoms with Crippen LogP contribution in [0.3, 0.4) is 0 Å². The zero-order chi connectivity index (χ0) is 15.4. The van der Waals surface area contributed by atoms with Crippen LogP contribution in [0.2, 0.25) is 0 Å². The van der Waals surface area contributed by atoms with E-state index >= 15 is 0 Å². The number of ether oxygens (including phenoxy) is 1. The molecule has 1 fully saturated rings. The second-order valence-corrected chi connectivity index (χ2v) is 5.91. The number of aromatic nitrogens is 1. The highest BCUT2D eigenvalue weighted by molar-refractivity contribution is 7.09. The largest absolute Gasteiger partial charge is 0.471 e. The van der Waals surface area contributed by atoms with Crippen LogP contribution in [0.5, 0.6) is 5.88 Å². The second kappa shape index (κ2) is 6.45. The summed E-state index contributed by atoms with van der Waals surface area (Å²) < 4.78 is 5.64. The Morgan fingerprint density at radius 3 is 3.14 bits per heavy atom. The van der Waals surface area contributed by atoms with Crippen LogP contribution in [0.4, 0.5) is 4.79 Å². The predicted molar refractivity (Wildman–Crippen MR) is 81.5 cm³/mol. The molecule has 0 atom stereocenters. The van der Waals surface area contributed by atoms with Gasteiger partial charge in [0.05, 0.1) is 31.3 Å². The van der Waals surface area contributed by atoms with E-state index in [9.17, 15) is 4.79 Å². The molecule has 0 radical (unpaired) electrons. The number of urea groups is 1. The normalized spacial score (nSPS) is 14.0. The van der Waals surface area contributed by atoms with Crippen molar-refractivity contribution in [2.75, 3.05) is 13.1 Å². The fourth-order valence-corrected chi connectivity index (χ4v) is 2.72. The molecule has 0 unspecified atom stereocenters. The van der Waals surface area contributed by atoms with Crippen LogP contribution in [0.25, 0.3) is 0 Å². The molecule has 7 heteroatoms.